The largest absolute Gasteiger partial charge is 0.489 e. The third kappa shape index (κ3) is 4.10. The molecule has 2 heteroatoms. The molecule has 0 heterocycles. The van der Waals surface area contributed by atoms with Crippen LogP contribution in [0.15, 0.2) is 53.0 Å². The maximum absolute atomic E-state index is 5.86. The van der Waals surface area contributed by atoms with Crippen LogP contribution in [0.25, 0.3) is 0 Å². The Morgan fingerprint density at radius 3 is 2.42 bits per heavy atom. The summed E-state index contributed by atoms with van der Waals surface area (Å²) in [5, 5.41) is 0. The van der Waals surface area contributed by atoms with Crippen molar-refractivity contribution < 1.29 is 4.74 Å². The summed E-state index contributed by atoms with van der Waals surface area (Å²) in [6.45, 7) is 7.22. The lowest BCUT2D eigenvalue weighted by molar-refractivity contribution is 0.305. The minimum atomic E-state index is 0.148. The molecule has 0 aliphatic rings. The number of benzene rings is 2. The van der Waals surface area contributed by atoms with Gasteiger partial charge >= 0.3 is 0 Å². The Morgan fingerprint density at radius 1 is 1.00 bits per heavy atom. The van der Waals surface area contributed by atoms with Gasteiger partial charge in [0, 0.05) is 4.47 Å². The van der Waals surface area contributed by atoms with E-state index in [4.69, 9.17) is 4.74 Å². The van der Waals surface area contributed by atoms with Crippen molar-refractivity contribution in [2.75, 3.05) is 0 Å². The molecule has 2 aromatic rings. The van der Waals surface area contributed by atoms with Crippen molar-refractivity contribution in [1.29, 1.82) is 0 Å². The number of rotatable bonds is 3. The molecule has 0 saturated carbocycles. The smallest absolute Gasteiger partial charge is 0.120 e. The van der Waals surface area contributed by atoms with Gasteiger partial charge in [-0.15, -0.1) is 0 Å². The lowest BCUT2D eigenvalue weighted by atomic mass is 9.87. The van der Waals surface area contributed by atoms with E-state index in [0.29, 0.717) is 6.61 Å². The highest BCUT2D eigenvalue weighted by atomic mass is 79.9. The average molecular weight is 319 g/mol. The van der Waals surface area contributed by atoms with Gasteiger partial charge in [-0.3, -0.25) is 0 Å². The van der Waals surface area contributed by atoms with Gasteiger partial charge in [-0.2, -0.15) is 0 Å². The third-order valence-electron chi connectivity index (χ3n) is 2.99. The van der Waals surface area contributed by atoms with Crippen LogP contribution in [-0.2, 0) is 12.0 Å². The molecule has 0 unspecified atom stereocenters. The maximum atomic E-state index is 5.86. The molecular formula is C17H19BrO. The molecule has 0 spiro atoms. The van der Waals surface area contributed by atoms with Crippen LogP contribution in [0.1, 0.15) is 31.9 Å². The van der Waals surface area contributed by atoms with Gasteiger partial charge in [-0.05, 0) is 40.8 Å². The van der Waals surface area contributed by atoms with Crippen LogP contribution < -0.4 is 4.74 Å². The van der Waals surface area contributed by atoms with E-state index in [2.05, 4.69) is 67.0 Å². The SMILES string of the molecule is CC(C)(C)c1cccc(OCc2cccc(Br)c2)c1. The Hall–Kier alpha value is -1.28. The fourth-order valence-electron chi connectivity index (χ4n) is 1.85. The number of hydrogen-bond donors (Lipinski definition) is 0. The quantitative estimate of drug-likeness (QED) is 0.743. The summed E-state index contributed by atoms with van der Waals surface area (Å²) in [4.78, 5) is 0. The second-order valence-electron chi connectivity index (χ2n) is 5.70. The molecule has 0 N–H and O–H groups in total. The Labute approximate surface area is 123 Å². The molecule has 0 atom stereocenters. The molecule has 0 saturated heterocycles. The molecule has 0 bridgehead atoms. The molecule has 0 aliphatic heterocycles. The van der Waals surface area contributed by atoms with Gasteiger partial charge in [0.05, 0.1) is 0 Å². The number of ether oxygens (including phenoxy) is 1. The van der Waals surface area contributed by atoms with Gasteiger partial charge in [0.1, 0.15) is 12.4 Å². The summed E-state index contributed by atoms with van der Waals surface area (Å²) in [6, 6.07) is 16.5. The van der Waals surface area contributed by atoms with E-state index in [0.717, 1.165) is 15.8 Å². The van der Waals surface area contributed by atoms with Crippen LogP contribution in [0.2, 0.25) is 0 Å². The van der Waals surface area contributed by atoms with Gasteiger partial charge in [0.15, 0.2) is 0 Å². The first kappa shape index (κ1) is 14.1. The highest BCUT2D eigenvalue weighted by molar-refractivity contribution is 9.10. The molecule has 0 aliphatic carbocycles. The lowest BCUT2D eigenvalue weighted by Crippen LogP contribution is -2.10. The number of hydrogen-bond acceptors (Lipinski definition) is 1. The van der Waals surface area contributed by atoms with Crippen LogP contribution in [0.5, 0.6) is 5.75 Å². The highest BCUT2D eigenvalue weighted by Gasteiger charge is 2.13. The molecule has 0 aromatic heterocycles. The molecule has 1 nitrogen and oxygen atoms in total. The molecule has 0 radical (unpaired) electrons. The van der Waals surface area contributed by atoms with Crippen LogP contribution in [0.3, 0.4) is 0 Å². The van der Waals surface area contributed by atoms with Crippen LogP contribution >= 0.6 is 15.9 Å². The number of halogens is 1. The zero-order chi connectivity index (χ0) is 13.9. The van der Waals surface area contributed by atoms with Crippen molar-refractivity contribution in [3.8, 4) is 5.75 Å². The molecule has 0 fully saturated rings. The van der Waals surface area contributed by atoms with Crippen molar-refractivity contribution in [3.05, 3.63) is 64.1 Å². The first-order valence-corrected chi connectivity index (χ1v) is 7.22. The third-order valence-corrected chi connectivity index (χ3v) is 3.49. The molecule has 0 amide bonds. The zero-order valence-electron chi connectivity index (χ0n) is 11.6. The van der Waals surface area contributed by atoms with Crippen molar-refractivity contribution in [2.45, 2.75) is 32.8 Å². The fraction of sp³-hybridized carbons (Fsp3) is 0.294. The topological polar surface area (TPSA) is 9.23 Å². The Bertz CT molecular complexity index is 555. The fourth-order valence-corrected chi connectivity index (χ4v) is 2.29. The van der Waals surface area contributed by atoms with Crippen molar-refractivity contribution in [2.24, 2.45) is 0 Å². The summed E-state index contributed by atoms with van der Waals surface area (Å²) in [5.41, 5.74) is 2.60. The summed E-state index contributed by atoms with van der Waals surface area (Å²) in [7, 11) is 0. The minimum absolute atomic E-state index is 0.148. The molecule has 2 aromatic carbocycles. The first-order valence-electron chi connectivity index (χ1n) is 6.43. The van der Waals surface area contributed by atoms with E-state index in [1.807, 2.05) is 18.2 Å². The molecular weight excluding hydrogens is 300 g/mol. The second kappa shape index (κ2) is 5.79. The van der Waals surface area contributed by atoms with E-state index in [1.165, 1.54) is 5.56 Å². The van der Waals surface area contributed by atoms with E-state index >= 15 is 0 Å². The summed E-state index contributed by atoms with van der Waals surface area (Å²) < 4.78 is 6.94. The van der Waals surface area contributed by atoms with Gasteiger partial charge in [-0.25, -0.2) is 0 Å². The Morgan fingerprint density at radius 2 is 1.74 bits per heavy atom. The predicted octanol–water partition coefficient (Wildman–Crippen LogP) is 5.33. The average Bonchev–Trinajstić information content (AvgIpc) is 2.36. The normalized spacial score (nSPS) is 11.4. The van der Waals surface area contributed by atoms with E-state index < -0.39 is 0 Å². The lowest BCUT2D eigenvalue weighted by Gasteiger charge is -2.19. The standard InChI is InChI=1S/C17H19BrO/c1-17(2,3)14-7-5-9-16(11-14)19-12-13-6-4-8-15(18)10-13/h4-11H,12H2,1-3H3. The summed E-state index contributed by atoms with van der Waals surface area (Å²) >= 11 is 3.47. The zero-order valence-corrected chi connectivity index (χ0v) is 13.2. The van der Waals surface area contributed by atoms with Gasteiger partial charge in [-0.1, -0.05) is 61.0 Å². The first-order chi connectivity index (χ1) is 8.95. The molecule has 2 rings (SSSR count). The van der Waals surface area contributed by atoms with Crippen molar-refractivity contribution in [3.63, 3.8) is 0 Å². The van der Waals surface area contributed by atoms with E-state index in [-0.39, 0.29) is 5.41 Å². The molecule has 100 valence electrons. The summed E-state index contributed by atoms with van der Waals surface area (Å²) in [6.07, 6.45) is 0. The van der Waals surface area contributed by atoms with Gasteiger partial charge in [0.25, 0.3) is 0 Å². The van der Waals surface area contributed by atoms with Crippen molar-refractivity contribution >= 4 is 15.9 Å². The molecule has 19 heavy (non-hydrogen) atoms. The summed E-state index contributed by atoms with van der Waals surface area (Å²) in [5.74, 6) is 0.924. The minimum Gasteiger partial charge on any atom is -0.489 e. The Balaban J connectivity index is 2.08. The van der Waals surface area contributed by atoms with Crippen molar-refractivity contribution in [1.82, 2.24) is 0 Å². The van der Waals surface area contributed by atoms with E-state index in [9.17, 15) is 0 Å². The monoisotopic (exact) mass is 318 g/mol. The van der Waals surface area contributed by atoms with Crippen LogP contribution in [0.4, 0.5) is 0 Å². The maximum Gasteiger partial charge on any atom is 0.120 e. The van der Waals surface area contributed by atoms with Gasteiger partial charge < -0.3 is 4.74 Å². The second-order valence-corrected chi connectivity index (χ2v) is 6.61. The van der Waals surface area contributed by atoms with E-state index in [1.54, 1.807) is 0 Å². The highest BCUT2D eigenvalue weighted by Crippen LogP contribution is 2.26. The van der Waals surface area contributed by atoms with Gasteiger partial charge in [0.2, 0.25) is 0 Å². The van der Waals surface area contributed by atoms with Crippen LogP contribution in [0, 0.1) is 0 Å². The predicted molar refractivity (Wildman–Crippen MR) is 83.6 cm³/mol. The Kier molecular flexibility index (Phi) is 4.31. The van der Waals surface area contributed by atoms with Crippen LogP contribution in [-0.4, -0.2) is 0 Å².